The first kappa shape index (κ1) is 13.5. The van der Waals surface area contributed by atoms with Crippen molar-refractivity contribution in [2.75, 3.05) is 13.1 Å². The Morgan fingerprint density at radius 3 is 2.56 bits per heavy atom. The first-order valence-electron chi connectivity index (χ1n) is 7.05. The van der Waals surface area contributed by atoms with E-state index in [2.05, 4.69) is 50.1 Å². The summed E-state index contributed by atoms with van der Waals surface area (Å²) >= 11 is 0. The van der Waals surface area contributed by atoms with Crippen molar-refractivity contribution in [3.8, 4) is 0 Å². The molecule has 1 N–H and O–H groups in total. The maximum absolute atomic E-state index is 4.30. The molecule has 0 amide bonds. The monoisotopic (exact) mass is 246 g/mol. The minimum atomic E-state index is 0.312. The SMILES string of the molecule is CC(C)CNCC1(c2cccnc2)CC(C)(C)C1. The van der Waals surface area contributed by atoms with E-state index in [4.69, 9.17) is 0 Å². The van der Waals surface area contributed by atoms with Crippen LogP contribution < -0.4 is 5.32 Å². The fraction of sp³-hybridized carbons (Fsp3) is 0.688. The Hall–Kier alpha value is -0.890. The molecule has 1 aromatic heterocycles. The number of nitrogens with zero attached hydrogens (tertiary/aromatic N) is 1. The van der Waals surface area contributed by atoms with Crippen LogP contribution in [0, 0.1) is 11.3 Å². The maximum atomic E-state index is 4.30. The smallest absolute Gasteiger partial charge is 0.0306 e. The molecule has 18 heavy (non-hydrogen) atoms. The molecule has 0 radical (unpaired) electrons. The Kier molecular flexibility index (Phi) is 3.76. The fourth-order valence-electron chi connectivity index (χ4n) is 3.49. The second-order valence-electron chi connectivity index (χ2n) is 7.06. The molecule has 1 aliphatic rings. The van der Waals surface area contributed by atoms with E-state index in [1.807, 2.05) is 12.4 Å². The minimum Gasteiger partial charge on any atom is -0.316 e. The lowest BCUT2D eigenvalue weighted by Crippen LogP contribution is -2.52. The first-order valence-corrected chi connectivity index (χ1v) is 7.05. The van der Waals surface area contributed by atoms with Crippen LogP contribution >= 0.6 is 0 Å². The van der Waals surface area contributed by atoms with Gasteiger partial charge in [0.15, 0.2) is 0 Å². The van der Waals surface area contributed by atoms with E-state index in [0.717, 1.165) is 13.1 Å². The average molecular weight is 246 g/mol. The van der Waals surface area contributed by atoms with E-state index in [-0.39, 0.29) is 0 Å². The highest BCUT2D eigenvalue weighted by molar-refractivity contribution is 5.28. The summed E-state index contributed by atoms with van der Waals surface area (Å²) in [6, 6.07) is 4.30. The summed E-state index contributed by atoms with van der Waals surface area (Å²) in [5.74, 6) is 0.712. The molecule has 1 aliphatic carbocycles. The second kappa shape index (κ2) is 5.00. The fourth-order valence-corrected chi connectivity index (χ4v) is 3.49. The molecule has 1 aromatic rings. The zero-order valence-electron chi connectivity index (χ0n) is 12.2. The summed E-state index contributed by atoms with van der Waals surface area (Å²) in [6.07, 6.45) is 6.43. The Morgan fingerprint density at radius 1 is 1.33 bits per heavy atom. The van der Waals surface area contributed by atoms with Gasteiger partial charge in [0.1, 0.15) is 0 Å². The van der Waals surface area contributed by atoms with E-state index < -0.39 is 0 Å². The molecule has 2 nitrogen and oxygen atoms in total. The standard InChI is InChI=1S/C16H26N2/c1-13(2)8-18-12-16(10-15(3,4)11-16)14-6-5-7-17-9-14/h5-7,9,13,18H,8,10-12H2,1-4H3. The summed E-state index contributed by atoms with van der Waals surface area (Å²) in [7, 11) is 0. The first-order chi connectivity index (χ1) is 8.44. The topological polar surface area (TPSA) is 24.9 Å². The van der Waals surface area contributed by atoms with Crippen molar-refractivity contribution in [3.05, 3.63) is 30.1 Å². The van der Waals surface area contributed by atoms with Gasteiger partial charge in [-0.15, -0.1) is 0 Å². The molecule has 1 heterocycles. The van der Waals surface area contributed by atoms with Gasteiger partial charge in [0.05, 0.1) is 0 Å². The summed E-state index contributed by atoms with van der Waals surface area (Å²) in [5, 5.41) is 3.64. The molecule has 0 bridgehead atoms. The zero-order valence-corrected chi connectivity index (χ0v) is 12.2. The predicted octanol–water partition coefficient (Wildman–Crippen LogP) is 3.39. The highest BCUT2D eigenvalue weighted by Gasteiger charge is 2.49. The number of aromatic nitrogens is 1. The lowest BCUT2D eigenvalue weighted by Gasteiger charge is -2.54. The Labute approximate surface area is 111 Å². The molecule has 2 rings (SSSR count). The van der Waals surface area contributed by atoms with E-state index in [1.165, 1.54) is 18.4 Å². The van der Waals surface area contributed by atoms with Gasteiger partial charge in [0.25, 0.3) is 0 Å². The molecule has 1 fully saturated rings. The normalized spacial score (nSPS) is 20.7. The van der Waals surface area contributed by atoms with Crippen LogP contribution in [0.4, 0.5) is 0 Å². The lowest BCUT2D eigenvalue weighted by atomic mass is 9.52. The molecule has 0 atom stereocenters. The number of rotatable bonds is 5. The summed E-state index contributed by atoms with van der Waals surface area (Å²) in [6.45, 7) is 11.4. The van der Waals surface area contributed by atoms with Gasteiger partial charge in [-0.3, -0.25) is 4.98 Å². The van der Waals surface area contributed by atoms with E-state index >= 15 is 0 Å². The van der Waals surface area contributed by atoms with Gasteiger partial charge < -0.3 is 5.32 Å². The van der Waals surface area contributed by atoms with E-state index in [0.29, 0.717) is 16.7 Å². The van der Waals surface area contributed by atoms with Crippen LogP contribution in [0.1, 0.15) is 46.1 Å². The minimum absolute atomic E-state index is 0.312. The van der Waals surface area contributed by atoms with Crippen LogP contribution in [0.3, 0.4) is 0 Å². The van der Waals surface area contributed by atoms with Crippen molar-refractivity contribution in [2.45, 2.75) is 46.0 Å². The van der Waals surface area contributed by atoms with Crippen molar-refractivity contribution >= 4 is 0 Å². The van der Waals surface area contributed by atoms with Crippen LogP contribution in [-0.2, 0) is 5.41 Å². The van der Waals surface area contributed by atoms with Crippen molar-refractivity contribution < 1.29 is 0 Å². The Morgan fingerprint density at radius 2 is 2.06 bits per heavy atom. The molecule has 1 saturated carbocycles. The van der Waals surface area contributed by atoms with Crippen LogP contribution in [0.25, 0.3) is 0 Å². The number of nitrogens with one attached hydrogen (secondary N) is 1. The van der Waals surface area contributed by atoms with Crippen molar-refractivity contribution in [3.63, 3.8) is 0 Å². The van der Waals surface area contributed by atoms with Gasteiger partial charge >= 0.3 is 0 Å². The molecule has 0 aromatic carbocycles. The van der Waals surface area contributed by atoms with Gasteiger partial charge in [0.2, 0.25) is 0 Å². The highest BCUT2D eigenvalue weighted by Crippen LogP contribution is 2.54. The maximum Gasteiger partial charge on any atom is 0.0306 e. The van der Waals surface area contributed by atoms with Gasteiger partial charge in [-0.25, -0.2) is 0 Å². The summed E-state index contributed by atoms with van der Waals surface area (Å²) in [4.78, 5) is 4.30. The quantitative estimate of drug-likeness (QED) is 0.861. The molecule has 0 saturated heterocycles. The van der Waals surface area contributed by atoms with E-state index in [1.54, 1.807) is 0 Å². The number of hydrogen-bond donors (Lipinski definition) is 1. The molecule has 0 spiro atoms. The van der Waals surface area contributed by atoms with Crippen LogP contribution in [0.5, 0.6) is 0 Å². The largest absolute Gasteiger partial charge is 0.316 e. The van der Waals surface area contributed by atoms with Crippen molar-refractivity contribution in [2.24, 2.45) is 11.3 Å². The molecule has 0 unspecified atom stereocenters. The second-order valence-corrected chi connectivity index (χ2v) is 7.06. The third-order valence-corrected chi connectivity index (χ3v) is 3.92. The van der Waals surface area contributed by atoms with Crippen LogP contribution in [-0.4, -0.2) is 18.1 Å². The molecular weight excluding hydrogens is 220 g/mol. The Balaban J connectivity index is 2.06. The number of hydrogen-bond acceptors (Lipinski definition) is 2. The van der Waals surface area contributed by atoms with Gasteiger partial charge in [-0.2, -0.15) is 0 Å². The predicted molar refractivity (Wildman–Crippen MR) is 76.6 cm³/mol. The third-order valence-electron chi connectivity index (χ3n) is 3.92. The van der Waals surface area contributed by atoms with Crippen LogP contribution in [0.2, 0.25) is 0 Å². The van der Waals surface area contributed by atoms with Gasteiger partial charge in [-0.1, -0.05) is 33.8 Å². The third kappa shape index (κ3) is 2.92. The zero-order chi connectivity index (χ0) is 13.2. The number of pyridine rings is 1. The van der Waals surface area contributed by atoms with Crippen molar-refractivity contribution in [1.29, 1.82) is 0 Å². The average Bonchev–Trinajstić information content (AvgIpc) is 2.27. The lowest BCUT2D eigenvalue weighted by molar-refractivity contribution is 0.0556. The molecule has 0 aliphatic heterocycles. The highest BCUT2D eigenvalue weighted by atomic mass is 14.9. The summed E-state index contributed by atoms with van der Waals surface area (Å²) < 4.78 is 0. The van der Waals surface area contributed by atoms with Gasteiger partial charge in [0, 0.05) is 24.4 Å². The molecule has 100 valence electrons. The molecule has 2 heteroatoms. The summed E-state index contributed by atoms with van der Waals surface area (Å²) in [5.41, 5.74) is 2.20. The van der Waals surface area contributed by atoms with Gasteiger partial charge in [-0.05, 0) is 42.3 Å². The molecular formula is C16H26N2. The van der Waals surface area contributed by atoms with Crippen molar-refractivity contribution in [1.82, 2.24) is 10.3 Å². The Bertz CT molecular complexity index is 373. The van der Waals surface area contributed by atoms with Crippen LogP contribution in [0.15, 0.2) is 24.5 Å². The van der Waals surface area contributed by atoms with E-state index in [9.17, 15) is 0 Å².